The Morgan fingerprint density at radius 2 is 1.71 bits per heavy atom. The number of rotatable bonds is 5. The standard InChI is InChI=1S/C11H15F2NO3/c1-11(12,13)8-5-10(16-3)9(15-2)4-7(8)6-17-14/h4-5H,6,14H2,1-3H3. The highest BCUT2D eigenvalue weighted by Gasteiger charge is 2.29. The maximum Gasteiger partial charge on any atom is 0.271 e. The molecule has 0 amide bonds. The molecule has 0 saturated heterocycles. The minimum absolute atomic E-state index is 0.126. The maximum absolute atomic E-state index is 13.4. The summed E-state index contributed by atoms with van der Waals surface area (Å²) in [5.74, 6) is 2.51. The highest BCUT2D eigenvalue weighted by molar-refractivity contribution is 5.48. The molecule has 0 aliphatic carbocycles. The number of nitrogens with two attached hydrogens (primary N) is 1. The van der Waals surface area contributed by atoms with Gasteiger partial charge in [-0.2, -0.15) is 0 Å². The molecule has 0 aliphatic rings. The van der Waals surface area contributed by atoms with Gasteiger partial charge in [-0.1, -0.05) is 0 Å². The molecule has 0 bridgehead atoms. The average molecular weight is 247 g/mol. The van der Waals surface area contributed by atoms with E-state index in [1.807, 2.05) is 0 Å². The van der Waals surface area contributed by atoms with E-state index in [9.17, 15) is 8.78 Å². The van der Waals surface area contributed by atoms with Crippen molar-refractivity contribution in [2.45, 2.75) is 19.5 Å². The molecule has 1 aromatic rings. The van der Waals surface area contributed by atoms with E-state index in [-0.39, 0.29) is 23.5 Å². The topological polar surface area (TPSA) is 53.7 Å². The molecule has 0 atom stereocenters. The Morgan fingerprint density at radius 1 is 1.18 bits per heavy atom. The molecule has 1 rings (SSSR count). The Bertz CT molecular complexity index is 391. The number of hydrogen-bond acceptors (Lipinski definition) is 4. The molecule has 0 saturated carbocycles. The van der Waals surface area contributed by atoms with Crippen LogP contribution in [0.2, 0.25) is 0 Å². The minimum Gasteiger partial charge on any atom is -0.493 e. The van der Waals surface area contributed by atoms with E-state index < -0.39 is 5.92 Å². The quantitative estimate of drug-likeness (QED) is 0.810. The first kappa shape index (κ1) is 13.7. The SMILES string of the molecule is COc1cc(CON)c(C(C)(F)F)cc1OC. The first-order valence-electron chi connectivity index (χ1n) is 4.89. The summed E-state index contributed by atoms with van der Waals surface area (Å²) in [6.45, 7) is 0.674. The zero-order valence-corrected chi connectivity index (χ0v) is 9.92. The van der Waals surface area contributed by atoms with Crippen molar-refractivity contribution in [1.29, 1.82) is 0 Å². The summed E-state index contributed by atoms with van der Waals surface area (Å²) in [5.41, 5.74) is 0.0678. The predicted octanol–water partition coefficient (Wildman–Crippen LogP) is 2.21. The largest absolute Gasteiger partial charge is 0.493 e. The van der Waals surface area contributed by atoms with Gasteiger partial charge in [0.05, 0.1) is 20.8 Å². The lowest BCUT2D eigenvalue weighted by Gasteiger charge is -2.18. The third-order valence-electron chi connectivity index (χ3n) is 2.32. The van der Waals surface area contributed by atoms with E-state index in [0.29, 0.717) is 5.75 Å². The zero-order chi connectivity index (χ0) is 13.1. The van der Waals surface area contributed by atoms with Crippen molar-refractivity contribution >= 4 is 0 Å². The van der Waals surface area contributed by atoms with E-state index in [2.05, 4.69) is 4.84 Å². The fourth-order valence-electron chi connectivity index (χ4n) is 1.54. The van der Waals surface area contributed by atoms with Gasteiger partial charge in [0.25, 0.3) is 5.92 Å². The Labute approximate surface area is 98.2 Å². The molecule has 0 heterocycles. The summed E-state index contributed by atoms with van der Waals surface area (Å²) in [5, 5.41) is 0. The van der Waals surface area contributed by atoms with Crippen LogP contribution >= 0.6 is 0 Å². The van der Waals surface area contributed by atoms with Crippen molar-refractivity contribution in [2.24, 2.45) is 5.90 Å². The van der Waals surface area contributed by atoms with Crippen molar-refractivity contribution in [3.63, 3.8) is 0 Å². The van der Waals surface area contributed by atoms with Crippen LogP contribution in [-0.4, -0.2) is 14.2 Å². The normalized spacial score (nSPS) is 11.4. The molecule has 1 aromatic carbocycles. The molecule has 6 heteroatoms. The molecule has 0 radical (unpaired) electrons. The number of hydrogen-bond donors (Lipinski definition) is 1. The lowest BCUT2D eigenvalue weighted by Crippen LogP contribution is -2.13. The molecule has 2 N–H and O–H groups in total. The van der Waals surface area contributed by atoms with Crippen LogP contribution in [0.1, 0.15) is 18.1 Å². The number of ether oxygens (including phenoxy) is 2. The second-order valence-electron chi connectivity index (χ2n) is 3.56. The van der Waals surface area contributed by atoms with Gasteiger partial charge in [0.15, 0.2) is 11.5 Å². The lowest BCUT2D eigenvalue weighted by molar-refractivity contribution is 0.0135. The second-order valence-corrected chi connectivity index (χ2v) is 3.56. The minimum atomic E-state index is -3.01. The van der Waals surface area contributed by atoms with E-state index in [0.717, 1.165) is 6.92 Å². The maximum atomic E-state index is 13.4. The van der Waals surface area contributed by atoms with E-state index in [1.165, 1.54) is 26.4 Å². The van der Waals surface area contributed by atoms with Gasteiger partial charge in [-0.3, -0.25) is 4.84 Å². The van der Waals surface area contributed by atoms with Crippen molar-refractivity contribution in [3.8, 4) is 11.5 Å². The fourth-order valence-corrected chi connectivity index (χ4v) is 1.54. The molecule has 4 nitrogen and oxygen atoms in total. The number of halogens is 2. The Balaban J connectivity index is 3.35. The van der Waals surface area contributed by atoms with Gasteiger partial charge in [-0.05, 0) is 17.7 Å². The average Bonchev–Trinajstić information content (AvgIpc) is 2.27. The van der Waals surface area contributed by atoms with Crippen LogP contribution in [0.3, 0.4) is 0 Å². The molecular formula is C11H15F2NO3. The highest BCUT2D eigenvalue weighted by Crippen LogP contribution is 2.38. The van der Waals surface area contributed by atoms with Gasteiger partial charge in [0, 0.05) is 12.5 Å². The summed E-state index contributed by atoms with van der Waals surface area (Å²) in [4.78, 5) is 4.41. The smallest absolute Gasteiger partial charge is 0.271 e. The van der Waals surface area contributed by atoms with Gasteiger partial charge in [0.2, 0.25) is 0 Å². The van der Waals surface area contributed by atoms with Gasteiger partial charge in [-0.15, -0.1) is 0 Å². The summed E-state index contributed by atoms with van der Waals surface area (Å²) >= 11 is 0. The van der Waals surface area contributed by atoms with E-state index >= 15 is 0 Å². The molecular weight excluding hydrogens is 232 g/mol. The van der Waals surface area contributed by atoms with Crippen molar-refractivity contribution in [1.82, 2.24) is 0 Å². The Morgan fingerprint density at radius 3 is 2.12 bits per heavy atom. The summed E-state index contributed by atoms with van der Waals surface area (Å²) in [6.07, 6.45) is 0. The number of methoxy groups -OCH3 is 2. The van der Waals surface area contributed by atoms with Crippen LogP contribution in [0.15, 0.2) is 12.1 Å². The van der Waals surface area contributed by atoms with Crippen LogP contribution in [0.5, 0.6) is 11.5 Å². The molecule has 0 unspecified atom stereocenters. The number of alkyl halides is 2. The monoisotopic (exact) mass is 247 g/mol. The van der Waals surface area contributed by atoms with Crippen LogP contribution in [-0.2, 0) is 17.4 Å². The van der Waals surface area contributed by atoms with Crippen LogP contribution in [0.25, 0.3) is 0 Å². The van der Waals surface area contributed by atoms with Crippen LogP contribution < -0.4 is 15.4 Å². The van der Waals surface area contributed by atoms with Crippen molar-refractivity contribution in [3.05, 3.63) is 23.3 Å². The van der Waals surface area contributed by atoms with Gasteiger partial charge in [0.1, 0.15) is 0 Å². The summed E-state index contributed by atoms with van der Waals surface area (Å²) in [7, 11) is 2.81. The lowest BCUT2D eigenvalue weighted by atomic mass is 10.0. The fraction of sp³-hybridized carbons (Fsp3) is 0.455. The van der Waals surface area contributed by atoms with Gasteiger partial charge in [-0.25, -0.2) is 14.7 Å². The van der Waals surface area contributed by atoms with Crippen molar-refractivity contribution < 1.29 is 23.1 Å². The van der Waals surface area contributed by atoms with E-state index in [4.69, 9.17) is 15.4 Å². The van der Waals surface area contributed by atoms with E-state index in [1.54, 1.807) is 0 Å². The first-order valence-corrected chi connectivity index (χ1v) is 4.89. The Kier molecular flexibility index (Phi) is 4.25. The third-order valence-corrected chi connectivity index (χ3v) is 2.32. The Hall–Kier alpha value is -1.40. The second kappa shape index (κ2) is 5.29. The number of benzene rings is 1. The zero-order valence-electron chi connectivity index (χ0n) is 9.92. The predicted molar refractivity (Wildman–Crippen MR) is 58.1 cm³/mol. The third kappa shape index (κ3) is 3.04. The summed E-state index contributed by atoms with van der Waals surface area (Å²) < 4.78 is 36.8. The molecule has 0 spiro atoms. The molecule has 0 aliphatic heterocycles. The van der Waals surface area contributed by atoms with Gasteiger partial charge < -0.3 is 9.47 Å². The first-order chi connectivity index (χ1) is 7.93. The van der Waals surface area contributed by atoms with Gasteiger partial charge >= 0.3 is 0 Å². The summed E-state index contributed by atoms with van der Waals surface area (Å²) in [6, 6.07) is 2.66. The van der Waals surface area contributed by atoms with Crippen molar-refractivity contribution in [2.75, 3.05) is 14.2 Å². The van der Waals surface area contributed by atoms with Crippen LogP contribution in [0, 0.1) is 0 Å². The molecule has 0 fully saturated rings. The van der Waals surface area contributed by atoms with Crippen LogP contribution in [0.4, 0.5) is 8.78 Å². The highest BCUT2D eigenvalue weighted by atomic mass is 19.3. The molecule has 17 heavy (non-hydrogen) atoms. The molecule has 0 aromatic heterocycles. The molecule has 96 valence electrons.